The van der Waals surface area contributed by atoms with Gasteiger partial charge in [-0.2, -0.15) is 0 Å². The monoisotopic (exact) mass is 369 g/mol. The first-order chi connectivity index (χ1) is 12.5. The third kappa shape index (κ3) is 4.97. The van der Waals surface area contributed by atoms with Crippen LogP contribution in [0.4, 0.5) is 0 Å². The molecule has 1 aromatic carbocycles. The predicted octanol–water partition coefficient (Wildman–Crippen LogP) is 6.63. The van der Waals surface area contributed by atoms with Crippen molar-refractivity contribution in [3.05, 3.63) is 46.8 Å². The van der Waals surface area contributed by atoms with Gasteiger partial charge < -0.3 is 5.32 Å². The van der Waals surface area contributed by atoms with E-state index in [0.717, 1.165) is 17.2 Å². The standard InChI is InChI=1S/C23H31NOS/c1-16(2)15-17(3)24-23(25)22-14-13-21(26-22)20-11-9-19(10-12-20)18-7-5-4-6-8-18/h9-14,16-18H,4-8,15H2,1-3H3,(H,24,25)/t17-/m0/s1. The maximum Gasteiger partial charge on any atom is 0.261 e. The van der Waals surface area contributed by atoms with Crippen molar-refractivity contribution in [1.29, 1.82) is 0 Å². The molecule has 1 atom stereocenters. The summed E-state index contributed by atoms with van der Waals surface area (Å²) in [6, 6.07) is 13.3. The minimum absolute atomic E-state index is 0.0493. The van der Waals surface area contributed by atoms with Crippen LogP contribution in [0.15, 0.2) is 36.4 Å². The summed E-state index contributed by atoms with van der Waals surface area (Å²) in [5, 5.41) is 3.12. The second-order valence-corrected chi connectivity index (χ2v) is 9.21. The number of benzene rings is 1. The van der Waals surface area contributed by atoms with Crippen molar-refractivity contribution in [2.24, 2.45) is 5.92 Å². The summed E-state index contributed by atoms with van der Waals surface area (Å²) in [7, 11) is 0. The van der Waals surface area contributed by atoms with Gasteiger partial charge in [0.1, 0.15) is 0 Å². The minimum Gasteiger partial charge on any atom is -0.349 e. The summed E-state index contributed by atoms with van der Waals surface area (Å²) in [4.78, 5) is 14.4. The Morgan fingerprint density at radius 2 is 1.73 bits per heavy atom. The largest absolute Gasteiger partial charge is 0.349 e. The molecule has 1 aliphatic rings. The van der Waals surface area contributed by atoms with Crippen molar-refractivity contribution >= 4 is 17.2 Å². The van der Waals surface area contributed by atoms with Gasteiger partial charge in [0, 0.05) is 10.9 Å². The molecule has 0 saturated heterocycles. The van der Waals surface area contributed by atoms with E-state index in [9.17, 15) is 4.79 Å². The highest BCUT2D eigenvalue weighted by Gasteiger charge is 2.16. The van der Waals surface area contributed by atoms with Crippen LogP contribution in [0.3, 0.4) is 0 Å². The molecule has 2 aromatic rings. The molecule has 26 heavy (non-hydrogen) atoms. The number of carbonyl (C=O) groups excluding carboxylic acids is 1. The second-order valence-electron chi connectivity index (χ2n) is 8.12. The van der Waals surface area contributed by atoms with Crippen LogP contribution >= 0.6 is 11.3 Å². The quantitative estimate of drug-likeness (QED) is 0.608. The van der Waals surface area contributed by atoms with Crippen LogP contribution in [0, 0.1) is 5.92 Å². The first-order valence-corrected chi connectivity index (χ1v) is 10.9. The first kappa shape index (κ1) is 19.2. The van der Waals surface area contributed by atoms with Gasteiger partial charge in [-0.15, -0.1) is 11.3 Å². The molecular formula is C23H31NOS. The Labute approximate surface area is 162 Å². The Balaban J connectivity index is 1.64. The van der Waals surface area contributed by atoms with E-state index in [1.165, 1.54) is 48.1 Å². The molecular weight excluding hydrogens is 338 g/mol. The molecule has 0 spiro atoms. The number of amides is 1. The number of rotatable bonds is 6. The normalized spacial score (nSPS) is 16.6. The third-order valence-corrected chi connectivity index (χ3v) is 6.44. The van der Waals surface area contributed by atoms with E-state index in [1.807, 2.05) is 6.07 Å². The van der Waals surface area contributed by atoms with Crippen LogP contribution in [0.2, 0.25) is 0 Å². The molecule has 1 saturated carbocycles. The molecule has 1 amide bonds. The minimum atomic E-state index is 0.0493. The maximum absolute atomic E-state index is 12.4. The van der Waals surface area contributed by atoms with Crippen LogP contribution in [-0.2, 0) is 0 Å². The molecule has 1 aromatic heterocycles. The Morgan fingerprint density at radius 3 is 2.38 bits per heavy atom. The molecule has 0 radical (unpaired) electrons. The zero-order chi connectivity index (χ0) is 18.5. The van der Waals surface area contributed by atoms with Crippen LogP contribution < -0.4 is 5.32 Å². The average molecular weight is 370 g/mol. The lowest BCUT2D eigenvalue weighted by Crippen LogP contribution is -2.32. The molecule has 1 fully saturated rings. The summed E-state index contributed by atoms with van der Waals surface area (Å²) in [6.07, 6.45) is 7.79. The van der Waals surface area contributed by atoms with E-state index in [-0.39, 0.29) is 11.9 Å². The Bertz CT molecular complexity index is 710. The highest BCUT2D eigenvalue weighted by Crippen LogP contribution is 2.34. The van der Waals surface area contributed by atoms with Gasteiger partial charge in [0.2, 0.25) is 0 Å². The fourth-order valence-electron chi connectivity index (χ4n) is 4.03. The first-order valence-electron chi connectivity index (χ1n) is 10.0. The highest BCUT2D eigenvalue weighted by atomic mass is 32.1. The summed E-state index contributed by atoms with van der Waals surface area (Å²) in [6.45, 7) is 6.45. The van der Waals surface area contributed by atoms with E-state index < -0.39 is 0 Å². The molecule has 1 aliphatic carbocycles. The van der Waals surface area contributed by atoms with Crippen molar-refractivity contribution < 1.29 is 4.79 Å². The number of nitrogens with one attached hydrogen (secondary N) is 1. The summed E-state index contributed by atoms with van der Waals surface area (Å²) >= 11 is 1.58. The third-order valence-electron chi connectivity index (χ3n) is 5.30. The molecule has 0 unspecified atom stereocenters. The lowest BCUT2D eigenvalue weighted by molar-refractivity contribution is 0.0940. The van der Waals surface area contributed by atoms with Gasteiger partial charge in [-0.05, 0) is 61.3 Å². The summed E-state index contributed by atoms with van der Waals surface area (Å²) < 4.78 is 0. The van der Waals surface area contributed by atoms with Crippen LogP contribution in [0.1, 0.15) is 80.4 Å². The van der Waals surface area contributed by atoms with Gasteiger partial charge >= 0.3 is 0 Å². The Morgan fingerprint density at radius 1 is 1.04 bits per heavy atom. The zero-order valence-corrected chi connectivity index (χ0v) is 17.1. The SMILES string of the molecule is CC(C)C[C@H](C)NC(=O)c1ccc(-c2ccc(C3CCCCC3)cc2)s1. The second kappa shape index (κ2) is 8.85. The predicted molar refractivity (Wildman–Crippen MR) is 112 cm³/mol. The van der Waals surface area contributed by atoms with Gasteiger partial charge in [-0.1, -0.05) is 57.4 Å². The van der Waals surface area contributed by atoms with E-state index >= 15 is 0 Å². The number of hydrogen-bond donors (Lipinski definition) is 1. The summed E-state index contributed by atoms with van der Waals surface area (Å²) in [5.74, 6) is 1.38. The number of hydrogen-bond acceptors (Lipinski definition) is 2. The van der Waals surface area contributed by atoms with Gasteiger partial charge in [-0.25, -0.2) is 0 Å². The van der Waals surface area contributed by atoms with E-state index in [4.69, 9.17) is 0 Å². The molecule has 3 heteroatoms. The van der Waals surface area contributed by atoms with Crippen LogP contribution in [0.5, 0.6) is 0 Å². The summed E-state index contributed by atoms with van der Waals surface area (Å²) in [5.41, 5.74) is 2.69. The molecule has 140 valence electrons. The topological polar surface area (TPSA) is 29.1 Å². The Kier molecular flexibility index (Phi) is 6.53. The van der Waals surface area contributed by atoms with E-state index in [1.54, 1.807) is 11.3 Å². The lowest BCUT2D eigenvalue weighted by Gasteiger charge is -2.22. The van der Waals surface area contributed by atoms with Crippen molar-refractivity contribution in [2.75, 3.05) is 0 Å². The van der Waals surface area contributed by atoms with E-state index in [0.29, 0.717) is 5.92 Å². The van der Waals surface area contributed by atoms with Crippen molar-refractivity contribution in [3.8, 4) is 10.4 Å². The van der Waals surface area contributed by atoms with Gasteiger partial charge in [0.05, 0.1) is 4.88 Å². The van der Waals surface area contributed by atoms with Crippen molar-refractivity contribution in [3.63, 3.8) is 0 Å². The molecule has 1 heterocycles. The highest BCUT2D eigenvalue weighted by molar-refractivity contribution is 7.17. The molecule has 2 nitrogen and oxygen atoms in total. The number of carbonyl (C=O) groups is 1. The Hall–Kier alpha value is -1.61. The van der Waals surface area contributed by atoms with Gasteiger partial charge in [0.25, 0.3) is 5.91 Å². The molecule has 0 aliphatic heterocycles. The lowest BCUT2D eigenvalue weighted by atomic mass is 9.84. The average Bonchev–Trinajstić information content (AvgIpc) is 3.12. The van der Waals surface area contributed by atoms with Gasteiger partial charge in [-0.3, -0.25) is 4.79 Å². The molecule has 1 N–H and O–H groups in total. The van der Waals surface area contributed by atoms with Crippen molar-refractivity contribution in [1.82, 2.24) is 5.32 Å². The smallest absolute Gasteiger partial charge is 0.261 e. The van der Waals surface area contributed by atoms with Crippen LogP contribution in [-0.4, -0.2) is 11.9 Å². The fraction of sp³-hybridized carbons (Fsp3) is 0.522. The molecule has 0 bridgehead atoms. The molecule has 3 rings (SSSR count). The van der Waals surface area contributed by atoms with E-state index in [2.05, 4.69) is 56.4 Å². The van der Waals surface area contributed by atoms with Gasteiger partial charge in [0.15, 0.2) is 0 Å². The van der Waals surface area contributed by atoms with Crippen molar-refractivity contribution in [2.45, 2.75) is 71.3 Å². The number of thiophene rings is 1. The van der Waals surface area contributed by atoms with Crippen LogP contribution in [0.25, 0.3) is 10.4 Å². The maximum atomic E-state index is 12.4. The fourth-order valence-corrected chi connectivity index (χ4v) is 4.95. The zero-order valence-electron chi connectivity index (χ0n) is 16.3.